The first-order chi connectivity index (χ1) is 11.8. The van der Waals surface area contributed by atoms with Crippen LogP contribution in [0.25, 0.3) is 5.69 Å². The van der Waals surface area contributed by atoms with Crippen LogP contribution in [0.5, 0.6) is 0 Å². The molecule has 1 aliphatic rings. The van der Waals surface area contributed by atoms with E-state index in [-0.39, 0.29) is 6.04 Å². The van der Waals surface area contributed by atoms with Gasteiger partial charge < -0.3 is 9.30 Å². The Labute approximate surface area is 140 Å². The number of tetrazole rings is 1. The van der Waals surface area contributed by atoms with Gasteiger partial charge in [0.1, 0.15) is 0 Å². The maximum atomic E-state index is 5.71. The molecule has 0 radical (unpaired) electrons. The van der Waals surface area contributed by atoms with Crippen molar-refractivity contribution in [3.8, 4) is 5.69 Å². The minimum Gasteiger partial charge on any atom is -0.378 e. The van der Waals surface area contributed by atoms with Crippen LogP contribution in [0.1, 0.15) is 17.6 Å². The zero-order chi connectivity index (χ0) is 16.4. The predicted molar refractivity (Wildman–Crippen MR) is 88.5 cm³/mol. The standard InChI is InChI=1S/C17H20N6O/c1-21-9-5-8-15(21)16-13-24-11-10-22(16)12-17-18-19-20-23(17)14-6-3-2-4-7-14/h2-9,16H,10-13H2,1H3/t16-/m1/s1. The van der Waals surface area contributed by atoms with Crippen molar-refractivity contribution in [3.63, 3.8) is 0 Å². The van der Waals surface area contributed by atoms with E-state index in [2.05, 4.69) is 50.4 Å². The molecule has 124 valence electrons. The second-order valence-corrected chi connectivity index (χ2v) is 5.95. The van der Waals surface area contributed by atoms with E-state index in [4.69, 9.17) is 4.74 Å². The number of rotatable bonds is 4. The molecule has 7 nitrogen and oxygen atoms in total. The van der Waals surface area contributed by atoms with Crippen molar-refractivity contribution < 1.29 is 4.74 Å². The number of aromatic nitrogens is 5. The molecule has 1 saturated heterocycles. The Morgan fingerprint density at radius 1 is 1.17 bits per heavy atom. The Kier molecular flexibility index (Phi) is 4.10. The van der Waals surface area contributed by atoms with E-state index in [0.29, 0.717) is 13.2 Å². The minimum atomic E-state index is 0.208. The van der Waals surface area contributed by atoms with Gasteiger partial charge in [-0.1, -0.05) is 18.2 Å². The molecule has 3 aromatic rings. The van der Waals surface area contributed by atoms with Crippen LogP contribution in [-0.4, -0.2) is 49.4 Å². The highest BCUT2D eigenvalue weighted by molar-refractivity contribution is 5.30. The summed E-state index contributed by atoms with van der Waals surface area (Å²) in [6.07, 6.45) is 2.07. The summed E-state index contributed by atoms with van der Waals surface area (Å²) in [4.78, 5) is 2.38. The van der Waals surface area contributed by atoms with E-state index in [0.717, 1.165) is 24.7 Å². The van der Waals surface area contributed by atoms with Gasteiger partial charge in [-0.3, -0.25) is 4.90 Å². The highest BCUT2D eigenvalue weighted by Gasteiger charge is 2.28. The van der Waals surface area contributed by atoms with Crippen molar-refractivity contribution in [2.24, 2.45) is 7.05 Å². The molecule has 0 bridgehead atoms. The number of para-hydroxylation sites is 1. The molecule has 4 rings (SSSR count). The molecule has 2 aromatic heterocycles. The summed E-state index contributed by atoms with van der Waals surface area (Å²) in [7, 11) is 2.07. The topological polar surface area (TPSA) is 61.0 Å². The molecule has 7 heteroatoms. The summed E-state index contributed by atoms with van der Waals surface area (Å²) < 4.78 is 9.66. The van der Waals surface area contributed by atoms with E-state index >= 15 is 0 Å². The van der Waals surface area contributed by atoms with Crippen LogP contribution in [0.2, 0.25) is 0 Å². The van der Waals surface area contributed by atoms with Crippen molar-refractivity contribution in [1.82, 2.24) is 29.7 Å². The Morgan fingerprint density at radius 2 is 2.04 bits per heavy atom. The third-order valence-corrected chi connectivity index (χ3v) is 4.44. The molecular weight excluding hydrogens is 304 g/mol. The largest absolute Gasteiger partial charge is 0.378 e. The summed E-state index contributed by atoms with van der Waals surface area (Å²) in [5, 5.41) is 12.3. The van der Waals surface area contributed by atoms with Crippen LogP contribution in [0.4, 0.5) is 0 Å². The summed E-state index contributed by atoms with van der Waals surface area (Å²) in [6.45, 7) is 2.96. The van der Waals surface area contributed by atoms with Crippen LogP contribution in [-0.2, 0) is 18.3 Å². The molecular formula is C17H20N6O. The van der Waals surface area contributed by atoms with Gasteiger partial charge in [0.25, 0.3) is 0 Å². The van der Waals surface area contributed by atoms with Crippen LogP contribution in [0, 0.1) is 0 Å². The van der Waals surface area contributed by atoms with Crippen molar-refractivity contribution >= 4 is 0 Å². The van der Waals surface area contributed by atoms with Gasteiger partial charge in [-0.15, -0.1) is 5.10 Å². The monoisotopic (exact) mass is 324 g/mol. The average molecular weight is 324 g/mol. The van der Waals surface area contributed by atoms with E-state index < -0.39 is 0 Å². The number of hydrogen-bond acceptors (Lipinski definition) is 5. The molecule has 1 aromatic carbocycles. The number of morpholine rings is 1. The number of hydrogen-bond donors (Lipinski definition) is 0. The smallest absolute Gasteiger partial charge is 0.170 e. The summed E-state index contributed by atoms with van der Waals surface area (Å²) in [6, 6.07) is 14.4. The maximum Gasteiger partial charge on any atom is 0.170 e. The summed E-state index contributed by atoms with van der Waals surface area (Å²) in [5.41, 5.74) is 2.22. The van der Waals surface area contributed by atoms with Crippen molar-refractivity contribution in [2.75, 3.05) is 19.8 Å². The molecule has 1 aliphatic heterocycles. The molecule has 0 aliphatic carbocycles. The van der Waals surface area contributed by atoms with Gasteiger partial charge in [0.15, 0.2) is 5.82 Å². The van der Waals surface area contributed by atoms with Crippen LogP contribution in [0.15, 0.2) is 48.7 Å². The normalized spacial score (nSPS) is 18.8. The first kappa shape index (κ1) is 15.0. The molecule has 1 fully saturated rings. The quantitative estimate of drug-likeness (QED) is 0.729. The van der Waals surface area contributed by atoms with Gasteiger partial charge in [0.05, 0.1) is 31.5 Å². The highest BCUT2D eigenvalue weighted by atomic mass is 16.5. The predicted octanol–water partition coefficient (Wildman–Crippen LogP) is 1.57. The van der Waals surface area contributed by atoms with E-state index in [1.807, 2.05) is 30.3 Å². The van der Waals surface area contributed by atoms with Gasteiger partial charge in [-0.2, -0.15) is 4.68 Å². The third kappa shape index (κ3) is 2.83. The lowest BCUT2D eigenvalue weighted by Gasteiger charge is -2.35. The van der Waals surface area contributed by atoms with E-state index in [1.54, 1.807) is 4.68 Å². The lowest BCUT2D eigenvalue weighted by atomic mass is 10.1. The fraction of sp³-hybridized carbons (Fsp3) is 0.353. The van der Waals surface area contributed by atoms with Crippen LogP contribution >= 0.6 is 0 Å². The molecule has 0 saturated carbocycles. The van der Waals surface area contributed by atoms with Gasteiger partial charge in [-0.05, 0) is 34.7 Å². The maximum absolute atomic E-state index is 5.71. The van der Waals surface area contributed by atoms with E-state index in [1.165, 1.54) is 5.69 Å². The summed E-state index contributed by atoms with van der Waals surface area (Å²) in [5.74, 6) is 0.835. The molecule has 24 heavy (non-hydrogen) atoms. The molecule has 0 spiro atoms. The van der Waals surface area contributed by atoms with E-state index in [9.17, 15) is 0 Å². The van der Waals surface area contributed by atoms with Gasteiger partial charge in [0, 0.05) is 25.5 Å². The SMILES string of the molecule is Cn1cccc1[C@H]1COCCN1Cc1nnnn1-c1ccccc1. The number of nitrogens with zero attached hydrogens (tertiary/aromatic N) is 6. The highest BCUT2D eigenvalue weighted by Crippen LogP contribution is 2.25. The van der Waals surface area contributed by atoms with Crippen molar-refractivity contribution in [3.05, 3.63) is 60.2 Å². The van der Waals surface area contributed by atoms with Gasteiger partial charge >= 0.3 is 0 Å². The summed E-state index contributed by atoms with van der Waals surface area (Å²) >= 11 is 0. The zero-order valence-electron chi connectivity index (χ0n) is 13.6. The Morgan fingerprint density at radius 3 is 2.83 bits per heavy atom. The molecule has 0 unspecified atom stereocenters. The van der Waals surface area contributed by atoms with Gasteiger partial charge in [0.2, 0.25) is 0 Å². The molecule has 1 atom stereocenters. The Bertz CT molecular complexity index is 796. The first-order valence-electron chi connectivity index (χ1n) is 8.08. The third-order valence-electron chi connectivity index (χ3n) is 4.44. The lowest BCUT2D eigenvalue weighted by molar-refractivity contribution is -0.0166. The lowest BCUT2D eigenvalue weighted by Crippen LogP contribution is -2.40. The van der Waals surface area contributed by atoms with Crippen molar-refractivity contribution in [2.45, 2.75) is 12.6 Å². The number of benzene rings is 1. The molecule has 0 N–H and O–H groups in total. The number of ether oxygens (including phenoxy) is 1. The second-order valence-electron chi connectivity index (χ2n) is 5.95. The first-order valence-corrected chi connectivity index (χ1v) is 8.08. The van der Waals surface area contributed by atoms with Crippen LogP contribution in [0.3, 0.4) is 0 Å². The van der Waals surface area contributed by atoms with Gasteiger partial charge in [-0.25, -0.2) is 0 Å². The Balaban J connectivity index is 1.60. The average Bonchev–Trinajstić information content (AvgIpc) is 3.25. The second kappa shape index (κ2) is 6.54. The minimum absolute atomic E-state index is 0.208. The van der Waals surface area contributed by atoms with Crippen LogP contribution < -0.4 is 0 Å². The fourth-order valence-corrected chi connectivity index (χ4v) is 3.18. The zero-order valence-corrected chi connectivity index (χ0v) is 13.6. The Hall–Kier alpha value is -2.51. The molecule has 3 heterocycles. The molecule has 0 amide bonds. The van der Waals surface area contributed by atoms with Crippen molar-refractivity contribution in [1.29, 1.82) is 0 Å². The fourth-order valence-electron chi connectivity index (χ4n) is 3.18. The number of aryl methyl sites for hydroxylation is 1.